The van der Waals surface area contributed by atoms with Gasteiger partial charge < -0.3 is 15.0 Å². The highest BCUT2D eigenvalue weighted by Gasteiger charge is 2.27. The number of nitrogens with one attached hydrogen (secondary N) is 1. The summed E-state index contributed by atoms with van der Waals surface area (Å²) in [4.78, 5) is 22.0. The summed E-state index contributed by atoms with van der Waals surface area (Å²) in [6.07, 6.45) is 2.06. The Hall–Kier alpha value is -1.56. The molecule has 1 aliphatic rings. The van der Waals surface area contributed by atoms with E-state index in [1.807, 2.05) is 25.7 Å². The largest absolute Gasteiger partial charge is 0.444 e. The first-order chi connectivity index (χ1) is 9.33. The highest BCUT2D eigenvalue weighted by molar-refractivity contribution is 6.29. The molecule has 0 unspecified atom stereocenters. The average molecular weight is 299 g/mol. The van der Waals surface area contributed by atoms with Crippen molar-refractivity contribution in [3.8, 4) is 0 Å². The number of carbonyl (C=O) groups is 1. The van der Waals surface area contributed by atoms with Crippen molar-refractivity contribution in [3.63, 3.8) is 0 Å². The van der Waals surface area contributed by atoms with Crippen LogP contribution in [0.3, 0.4) is 0 Å². The molecule has 0 spiro atoms. The molecular weight excluding hydrogens is 280 g/mol. The number of amides is 1. The van der Waals surface area contributed by atoms with Crippen molar-refractivity contribution in [2.75, 3.05) is 18.0 Å². The highest BCUT2D eigenvalue weighted by Crippen LogP contribution is 2.18. The van der Waals surface area contributed by atoms with Gasteiger partial charge in [0.15, 0.2) is 0 Å². The Morgan fingerprint density at radius 1 is 1.55 bits per heavy atom. The quantitative estimate of drug-likeness (QED) is 0.848. The fraction of sp³-hybridized carbons (Fsp3) is 0.615. The van der Waals surface area contributed by atoms with Gasteiger partial charge >= 0.3 is 6.09 Å². The molecule has 20 heavy (non-hydrogen) atoms. The van der Waals surface area contributed by atoms with Gasteiger partial charge in [0.25, 0.3) is 0 Å². The number of aromatic nitrogens is 2. The van der Waals surface area contributed by atoms with E-state index < -0.39 is 11.7 Å². The Morgan fingerprint density at radius 3 is 2.95 bits per heavy atom. The van der Waals surface area contributed by atoms with Crippen LogP contribution in [0, 0.1) is 0 Å². The molecule has 1 aromatic heterocycles. The molecule has 0 saturated carbocycles. The van der Waals surface area contributed by atoms with E-state index in [-0.39, 0.29) is 6.04 Å². The van der Waals surface area contributed by atoms with Crippen molar-refractivity contribution in [2.24, 2.45) is 0 Å². The lowest BCUT2D eigenvalue weighted by atomic mass is 10.2. The van der Waals surface area contributed by atoms with Crippen molar-refractivity contribution >= 4 is 23.6 Å². The first kappa shape index (κ1) is 14.8. The summed E-state index contributed by atoms with van der Waals surface area (Å²) < 4.78 is 5.24. The average Bonchev–Trinajstić information content (AvgIpc) is 2.74. The molecule has 1 fully saturated rings. The van der Waals surface area contributed by atoms with Crippen LogP contribution in [-0.2, 0) is 4.74 Å². The third-order valence-corrected chi connectivity index (χ3v) is 3.01. The van der Waals surface area contributed by atoms with Gasteiger partial charge in [-0.05, 0) is 33.3 Å². The van der Waals surface area contributed by atoms with Gasteiger partial charge in [0.2, 0.25) is 5.95 Å². The fourth-order valence-electron chi connectivity index (χ4n) is 2.01. The monoisotopic (exact) mass is 298 g/mol. The summed E-state index contributed by atoms with van der Waals surface area (Å²) >= 11 is 5.85. The summed E-state index contributed by atoms with van der Waals surface area (Å²) in [7, 11) is 0. The van der Waals surface area contributed by atoms with Crippen LogP contribution in [0.25, 0.3) is 0 Å². The van der Waals surface area contributed by atoms with E-state index in [1.165, 1.54) is 0 Å². The molecule has 110 valence electrons. The lowest BCUT2D eigenvalue weighted by Gasteiger charge is -2.22. The summed E-state index contributed by atoms with van der Waals surface area (Å²) in [6, 6.07) is 1.67. The summed E-state index contributed by atoms with van der Waals surface area (Å²) in [5, 5.41) is 3.27. The molecule has 6 nitrogen and oxygen atoms in total. The molecule has 1 atom stereocenters. The predicted octanol–water partition coefficient (Wildman–Crippen LogP) is 2.23. The number of nitrogens with zero attached hydrogens (tertiary/aromatic N) is 3. The van der Waals surface area contributed by atoms with Crippen LogP contribution in [0.4, 0.5) is 10.7 Å². The first-order valence-corrected chi connectivity index (χ1v) is 6.94. The second-order valence-electron chi connectivity index (χ2n) is 5.76. The number of hydrogen-bond donors (Lipinski definition) is 1. The Kier molecular flexibility index (Phi) is 4.32. The lowest BCUT2D eigenvalue weighted by Crippen LogP contribution is -2.40. The van der Waals surface area contributed by atoms with Crippen LogP contribution in [0.15, 0.2) is 12.3 Å². The molecule has 0 radical (unpaired) electrons. The Morgan fingerprint density at radius 2 is 2.30 bits per heavy atom. The summed E-state index contributed by atoms with van der Waals surface area (Å²) in [5.41, 5.74) is -0.488. The third kappa shape index (κ3) is 4.23. The van der Waals surface area contributed by atoms with Gasteiger partial charge in [-0.2, -0.15) is 0 Å². The van der Waals surface area contributed by atoms with Crippen molar-refractivity contribution < 1.29 is 9.53 Å². The normalized spacial score (nSPS) is 19.0. The second kappa shape index (κ2) is 5.83. The number of ether oxygens (including phenoxy) is 1. The maximum Gasteiger partial charge on any atom is 0.407 e. The topological polar surface area (TPSA) is 67.3 Å². The molecule has 0 aliphatic carbocycles. The molecular formula is C13H19ClN4O2. The zero-order chi connectivity index (χ0) is 14.8. The second-order valence-corrected chi connectivity index (χ2v) is 6.14. The van der Waals surface area contributed by atoms with Gasteiger partial charge in [-0.25, -0.2) is 14.8 Å². The van der Waals surface area contributed by atoms with Crippen molar-refractivity contribution in [2.45, 2.75) is 38.8 Å². The molecule has 0 bridgehead atoms. The highest BCUT2D eigenvalue weighted by atomic mass is 35.5. The van der Waals surface area contributed by atoms with Gasteiger partial charge in [-0.15, -0.1) is 0 Å². The predicted molar refractivity (Wildman–Crippen MR) is 77.0 cm³/mol. The van der Waals surface area contributed by atoms with Gasteiger partial charge in [0, 0.05) is 19.3 Å². The number of halogens is 1. The van der Waals surface area contributed by atoms with Gasteiger partial charge in [0.05, 0.1) is 6.04 Å². The van der Waals surface area contributed by atoms with E-state index in [0.717, 1.165) is 13.0 Å². The minimum Gasteiger partial charge on any atom is -0.444 e. The van der Waals surface area contributed by atoms with Crippen LogP contribution < -0.4 is 10.2 Å². The van der Waals surface area contributed by atoms with Crippen LogP contribution in [0.1, 0.15) is 27.2 Å². The Balaban J connectivity index is 1.88. The van der Waals surface area contributed by atoms with E-state index in [9.17, 15) is 4.79 Å². The number of hydrogen-bond acceptors (Lipinski definition) is 5. The smallest absolute Gasteiger partial charge is 0.407 e. The van der Waals surface area contributed by atoms with Gasteiger partial charge in [0.1, 0.15) is 10.8 Å². The van der Waals surface area contributed by atoms with Crippen molar-refractivity contribution in [1.82, 2.24) is 15.3 Å². The number of rotatable bonds is 2. The molecule has 7 heteroatoms. The fourth-order valence-corrected chi connectivity index (χ4v) is 2.15. The molecule has 2 heterocycles. The third-order valence-electron chi connectivity index (χ3n) is 2.80. The molecule has 1 aliphatic heterocycles. The standard InChI is InChI=1S/C13H19ClN4O2/c1-13(2,3)20-12(19)16-9-5-7-18(8-9)11-15-6-4-10(14)17-11/h4,6,9H,5,7-8H2,1-3H3,(H,16,19)/t9-/m0/s1. The van der Waals surface area contributed by atoms with Crippen molar-refractivity contribution in [1.29, 1.82) is 0 Å². The molecule has 1 N–H and O–H groups in total. The number of carbonyl (C=O) groups excluding carboxylic acids is 1. The molecule has 2 rings (SSSR count). The van der Waals surface area contributed by atoms with Crippen molar-refractivity contribution in [3.05, 3.63) is 17.4 Å². The summed E-state index contributed by atoms with van der Waals surface area (Å²) in [6.45, 7) is 6.95. The molecule has 1 amide bonds. The molecule has 0 aromatic carbocycles. The zero-order valence-corrected chi connectivity index (χ0v) is 12.6. The van der Waals surface area contributed by atoms with E-state index in [0.29, 0.717) is 17.6 Å². The first-order valence-electron chi connectivity index (χ1n) is 6.56. The molecule has 1 aromatic rings. The maximum atomic E-state index is 11.7. The van der Waals surface area contributed by atoms with E-state index in [4.69, 9.17) is 16.3 Å². The Labute approximate surface area is 123 Å². The minimum atomic E-state index is -0.488. The van der Waals surface area contributed by atoms with E-state index in [2.05, 4.69) is 15.3 Å². The van der Waals surface area contributed by atoms with Gasteiger partial charge in [-0.3, -0.25) is 0 Å². The van der Waals surface area contributed by atoms with E-state index in [1.54, 1.807) is 12.3 Å². The van der Waals surface area contributed by atoms with Crippen LogP contribution in [0.2, 0.25) is 5.15 Å². The zero-order valence-electron chi connectivity index (χ0n) is 11.9. The van der Waals surface area contributed by atoms with Crippen LogP contribution in [-0.4, -0.2) is 40.8 Å². The SMILES string of the molecule is CC(C)(C)OC(=O)N[C@H]1CCN(c2nccc(Cl)n2)C1. The maximum absolute atomic E-state index is 11.7. The van der Waals surface area contributed by atoms with E-state index >= 15 is 0 Å². The lowest BCUT2D eigenvalue weighted by molar-refractivity contribution is 0.0509. The number of anilines is 1. The Bertz CT molecular complexity index is 490. The van der Waals surface area contributed by atoms with Gasteiger partial charge in [-0.1, -0.05) is 11.6 Å². The molecule has 1 saturated heterocycles. The minimum absolute atomic E-state index is 0.0347. The van der Waals surface area contributed by atoms with Crippen LogP contribution in [0.5, 0.6) is 0 Å². The summed E-state index contributed by atoms with van der Waals surface area (Å²) in [5.74, 6) is 0.589. The van der Waals surface area contributed by atoms with Crippen LogP contribution >= 0.6 is 11.6 Å². The number of alkyl carbamates (subject to hydrolysis) is 1.